The van der Waals surface area contributed by atoms with Crippen LogP contribution in [0.4, 0.5) is 5.69 Å². The van der Waals surface area contributed by atoms with Crippen molar-refractivity contribution in [3.8, 4) is 9.88 Å². The third-order valence-electron chi connectivity index (χ3n) is 3.59. The fourth-order valence-corrected chi connectivity index (χ4v) is 4.18. The number of hydrogen-bond donors (Lipinski definition) is 0. The molecule has 0 spiro atoms. The molecule has 0 bridgehead atoms. The molecule has 5 heteroatoms. The number of thiazole rings is 1. The maximum Gasteiger partial charge on any atom is 0.277 e. The summed E-state index contributed by atoms with van der Waals surface area (Å²) in [5, 5.41) is 4.80. The van der Waals surface area contributed by atoms with E-state index in [0.29, 0.717) is 5.69 Å². The van der Waals surface area contributed by atoms with E-state index in [1.165, 1.54) is 16.9 Å². The van der Waals surface area contributed by atoms with Gasteiger partial charge in [0.15, 0.2) is 0 Å². The summed E-state index contributed by atoms with van der Waals surface area (Å²) in [5.41, 5.74) is 2.80. The van der Waals surface area contributed by atoms with Gasteiger partial charge in [-0.3, -0.25) is 4.79 Å². The Morgan fingerprint density at radius 3 is 2.90 bits per heavy atom. The second kappa shape index (κ2) is 5.09. The van der Waals surface area contributed by atoms with Gasteiger partial charge in [-0.15, -0.1) is 22.7 Å². The first kappa shape index (κ1) is 12.7. The molecule has 4 rings (SSSR count). The molecule has 2 aromatic heterocycles. The zero-order chi connectivity index (χ0) is 14.2. The first-order valence-electron chi connectivity index (χ1n) is 6.72. The van der Waals surface area contributed by atoms with Crippen LogP contribution in [0.2, 0.25) is 0 Å². The molecule has 0 fully saturated rings. The predicted molar refractivity (Wildman–Crippen MR) is 87.2 cm³/mol. The largest absolute Gasteiger partial charge is 0.306 e. The van der Waals surface area contributed by atoms with Crippen molar-refractivity contribution in [3.63, 3.8) is 0 Å². The molecule has 0 aliphatic carbocycles. The Morgan fingerprint density at radius 2 is 2.05 bits per heavy atom. The van der Waals surface area contributed by atoms with Crippen LogP contribution in [0.15, 0.2) is 47.2 Å². The van der Waals surface area contributed by atoms with Gasteiger partial charge in [-0.2, -0.15) is 0 Å². The van der Waals surface area contributed by atoms with Crippen molar-refractivity contribution in [2.45, 2.75) is 6.42 Å². The lowest BCUT2D eigenvalue weighted by Crippen LogP contribution is -2.29. The van der Waals surface area contributed by atoms with Crippen LogP contribution >= 0.6 is 22.7 Å². The number of para-hydroxylation sites is 1. The zero-order valence-corrected chi connectivity index (χ0v) is 12.8. The molecular weight excluding hydrogens is 300 g/mol. The molecule has 104 valence electrons. The number of aromatic nitrogens is 1. The Morgan fingerprint density at radius 1 is 1.14 bits per heavy atom. The number of nitrogens with zero attached hydrogens (tertiary/aromatic N) is 2. The first-order valence-corrected chi connectivity index (χ1v) is 8.48. The van der Waals surface area contributed by atoms with E-state index in [9.17, 15) is 4.79 Å². The molecule has 0 saturated heterocycles. The molecule has 3 heterocycles. The van der Waals surface area contributed by atoms with Crippen LogP contribution in [0, 0.1) is 0 Å². The quantitative estimate of drug-likeness (QED) is 0.714. The molecule has 1 aliphatic rings. The summed E-state index contributed by atoms with van der Waals surface area (Å²) in [6.07, 6.45) is 0.920. The summed E-state index contributed by atoms with van der Waals surface area (Å²) < 4.78 is 0. The van der Waals surface area contributed by atoms with Crippen LogP contribution in [-0.4, -0.2) is 17.4 Å². The van der Waals surface area contributed by atoms with E-state index < -0.39 is 0 Å². The highest BCUT2D eigenvalue weighted by atomic mass is 32.1. The SMILES string of the molecule is O=C(c1csc(-c2cccs2)n1)N1CCc2ccccc21. The summed E-state index contributed by atoms with van der Waals surface area (Å²) in [5.74, 6) is -0.000920. The topological polar surface area (TPSA) is 33.2 Å². The van der Waals surface area contributed by atoms with E-state index in [-0.39, 0.29) is 5.91 Å². The highest BCUT2D eigenvalue weighted by Crippen LogP contribution is 2.31. The molecule has 0 saturated carbocycles. The van der Waals surface area contributed by atoms with Crippen molar-refractivity contribution in [3.05, 3.63) is 58.4 Å². The Labute approximate surface area is 130 Å². The van der Waals surface area contributed by atoms with Gasteiger partial charge >= 0.3 is 0 Å². The zero-order valence-electron chi connectivity index (χ0n) is 11.2. The van der Waals surface area contributed by atoms with E-state index in [4.69, 9.17) is 0 Å². The van der Waals surface area contributed by atoms with E-state index >= 15 is 0 Å². The fraction of sp³-hybridized carbons (Fsp3) is 0.125. The lowest BCUT2D eigenvalue weighted by atomic mass is 10.2. The fourth-order valence-electron chi connectivity index (χ4n) is 2.57. The lowest BCUT2D eigenvalue weighted by molar-refractivity contribution is 0.0985. The van der Waals surface area contributed by atoms with Crippen LogP contribution in [0.3, 0.4) is 0 Å². The Kier molecular flexibility index (Phi) is 3.09. The van der Waals surface area contributed by atoms with Gasteiger partial charge in [0.25, 0.3) is 5.91 Å². The van der Waals surface area contributed by atoms with E-state index in [1.54, 1.807) is 11.3 Å². The van der Waals surface area contributed by atoms with Crippen LogP contribution in [0.5, 0.6) is 0 Å². The monoisotopic (exact) mass is 312 g/mol. The van der Waals surface area contributed by atoms with Crippen molar-refractivity contribution in [1.29, 1.82) is 0 Å². The molecule has 3 aromatic rings. The summed E-state index contributed by atoms with van der Waals surface area (Å²) >= 11 is 3.17. The highest BCUT2D eigenvalue weighted by Gasteiger charge is 2.26. The summed E-state index contributed by atoms with van der Waals surface area (Å²) in [7, 11) is 0. The van der Waals surface area contributed by atoms with Gasteiger partial charge in [-0.1, -0.05) is 24.3 Å². The van der Waals surface area contributed by atoms with Crippen molar-refractivity contribution in [2.24, 2.45) is 0 Å². The first-order chi connectivity index (χ1) is 10.3. The number of thiophene rings is 1. The van der Waals surface area contributed by atoms with E-state index in [2.05, 4.69) is 11.1 Å². The molecule has 1 aromatic carbocycles. The van der Waals surface area contributed by atoms with Crippen LogP contribution in [0.25, 0.3) is 9.88 Å². The summed E-state index contributed by atoms with van der Waals surface area (Å²) in [4.78, 5) is 20.1. The van der Waals surface area contributed by atoms with Crippen molar-refractivity contribution >= 4 is 34.3 Å². The average molecular weight is 312 g/mol. The number of rotatable bonds is 2. The Hall–Kier alpha value is -1.98. The summed E-state index contributed by atoms with van der Waals surface area (Å²) in [6.45, 7) is 0.740. The highest BCUT2D eigenvalue weighted by molar-refractivity contribution is 7.20. The molecule has 0 N–H and O–H groups in total. The third-order valence-corrected chi connectivity index (χ3v) is 5.47. The number of fused-ring (bicyclic) bond motifs is 1. The van der Waals surface area contributed by atoms with Gasteiger partial charge in [0.1, 0.15) is 10.7 Å². The van der Waals surface area contributed by atoms with Crippen molar-refractivity contribution < 1.29 is 4.79 Å². The maximum atomic E-state index is 12.7. The van der Waals surface area contributed by atoms with Crippen LogP contribution in [-0.2, 0) is 6.42 Å². The average Bonchev–Trinajstić information content (AvgIpc) is 3.25. The normalized spacial score (nSPS) is 13.4. The van der Waals surface area contributed by atoms with Crippen LogP contribution in [0.1, 0.15) is 16.1 Å². The molecule has 0 unspecified atom stereocenters. The summed E-state index contributed by atoms with van der Waals surface area (Å²) in [6, 6.07) is 12.1. The molecule has 1 aliphatic heterocycles. The molecule has 0 atom stereocenters. The van der Waals surface area contributed by atoms with Gasteiger partial charge in [0.2, 0.25) is 0 Å². The maximum absolute atomic E-state index is 12.7. The Bertz CT molecular complexity index is 792. The number of anilines is 1. The standard InChI is InChI=1S/C16H12N2OS2/c19-16(18-8-7-11-4-1-2-5-13(11)18)12-10-21-15(17-12)14-6-3-9-20-14/h1-6,9-10H,7-8H2. The van der Waals surface area contributed by atoms with Gasteiger partial charge in [0, 0.05) is 17.6 Å². The van der Waals surface area contributed by atoms with Gasteiger partial charge in [-0.25, -0.2) is 4.98 Å². The second-order valence-electron chi connectivity index (χ2n) is 4.85. The second-order valence-corrected chi connectivity index (χ2v) is 6.66. The minimum Gasteiger partial charge on any atom is -0.306 e. The number of carbonyl (C=O) groups is 1. The molecular formula is C16H12N2OS2. The third kappa shape index (κ3) is 2.18. The minimum atomic E-state index is -0.000920. The molecule has 21 heavy (non-hydrogen) atoms. The molecule has 3 nitrogen and oxygen atoms in total. The smallest absolute Gasteiger partial charge is 0.277 e. The van der Waals surface area contributed by atoms with Gasteiger partial charge in [-0.05, 0) is 29.5 Å². The van der Waals surface area contributed by atoms with Crippen molar-refractivity contribution in [1.82, 2.24) is 4.98 Å². The minimum absolute atomic E-state index is 0.000920. The van der Waals surface area contributed by atoms with Gasteiger partial charge in [0.05, 0.1) is 4.88 Å². The predicted octanol–water partition coefficient (Wildman–Crippen LogP) is 4.07. The number of amides is 1. The number of hydrogen-bond acceptors (Lipinski definition) is 4. The molecule has 0 radical (unpaired) electrons. The van der Waals surface area contributed by atoms with Gasteiger partial charge < -0.3 is 4.90 Å². The van der Waals surface area contributed by atoms with E-state index in [1.807, 2.05) is 46.0 Å². The lowest BCUT2D eigenvalue weighted by Gasteiger charge is -2.15. The Balaban J connectivity index is 1.65. The molecule has 1 amide bonds. The number of carbonyl (C=O) groups excluding carboxylic acids is 1. The number of benzene rings is 1. The van der Waals surface area contributed by atoms with Crippen LogP contribution < -0.4 is 4.90 Å². The van der Waals surface area contributed by atoms with E-state index in [0.717, 1.165) is 28.5 Å². The van der Waals surface area contributed by atoms with Crippen molar-refractivity contribution in [2.75, 3.05) is 11.4 Å².